The van der Waals surface area contributed by atoms with E-state index in [2.05, 4.69) is 46.1 Å². The highest BCUT2D eigenvalue weighted by Crippen LogP contribution is 2.33. The first-order valence-corrected chi connectivity index (χ1v) is 8.96. The fraction of sp³-hybridized carbons (Fsp3) is 0.714. The second-order valence-corrected chi connectivity index (χ2v) is 8.10. The van der Waals surface area contributed by atoms with Crippen LogP contribution in [0, 0.1) is 0 Å². The highest BCUT2D eigenvalue weighted by atomic mass is 79.9. The predicted octanol–water partition coefficient (Wildman–Crippen LogP) is 4.52. The summed E-state index contributed by atoms with van der Waals surface area (Å²) in [4.78, 5) is 3.87. The molecule has 2 nitrogen and oxygen atoms in total. The van der Waals surface area contributed by atoms with Crippen molar-refractivity contribution in [3.8, 4) is 0 Å². The van der Waals surface area contributed by atoms with Crippen molar-refractivity contribution >= 4 is 38.9 Å². The van der Waals surface area contributed by atoms with Crippen LogP contribution in [0.5, 0.6) is 0 Å². The molecule has 1 unspecified atom stereocenters. The lowest BCUT2D eigenvalue weighted by Crippen LogP contribution is -2.45. The largest absolute Gasteiger partial charge is 0.313 e. The molecule has 1 aliphatic heterocycles. The van der Waals surface area contributed by atoms with E-state index in [1.165, 1.54) is 30.7 Å². The Kier molecular flexibility index (Phi) is 6.15. The summed E-state index contributed by atoms with van der Waals surface area (Å²) in [5.41, 5.74) is 0. The van der Waals surface area contributed by atoms with E-state index in [0.717, 1.165) is 21.9 Å². The summed E-state index contributed by atoms with van der Waals surface area (Å²) in [6.07, 6.45) is 3.99. The van der Waals surface area contributed by atoms with Gasteiger partial charge < -0.3 is 5.32 Å². The molecule has 19 heavy (non-hydrogen) atoms. The SMILES string of the molecule is CC(C)N(Cc1cc(Br)c(Cl)s1)CC1CCCCN1. The van der Waals surface area contributed by atoms with Gasteiger partial charge in [0.05, 0.1) is 0 Å². The fourth-order valence-corrected chi connectivity index (χ4v) is 4.31. The summed E-state index contributed by atoms with van der Waals surface area (Å²) < 4.78 is 1.88. The van der Waals surface area contributed by atoms with Crippen molar-refractivity contribution in [2.45, 2.75) is 51.7 Å². The minimum absolute atomic E-state index is 0.559. The Morgan fingerprint density at radius 2 is 2.32 bits per heavy atom. The van der Waals surface area contributed by atoms with Gasteiger partial charge in [0.1, 0.15) is 4.34 Å². The molecule has 2 rings (SSSR count). The van der Waals surface area contributed by atoms with Crippen molar-refractivity contribution < 1.29 is 0 Å². The van der Waals surface area contributed by atoms with Crippen molar-refractivity contribution in [3.63, 3.8) is 0 Å². The molecule has 0 aromatic carbocycles. The van der Waals surface area contributed by atoms with Crippen molar-refractivity contribution in [1.82, 2.24) is 10.2 Å². The second-order valence-electron chi connectivity index (χ2n) is 5.50. The van der Waals surface area contributed by atoms with Crippen LogP contribution < -0.4 is 5.32 Å². The van der Waals surface area contributed by atoms with Gasteiger partial charge in [0.25, 0.3) is 0 Å². The average molecular weight is 366 g/mol. The molecule has 5 heteroatoms. The minimum atomic E-state index is 0.559. The molecule has 1 fully saturated rings. The highest BCUT2D eigenvalue weighted by molar-refractivity contribution is 9.10. The first-order valence-electron chi connectivity index (χ1n) is 6.97. The lowest BCUT2D eigenvalue weighted by atomic mass is 10.0. The molecule has 1 N–H and O–H groups in total. The van der Waals surface area contributed by atoms with Crippen LogP contribution in [0.4, 0.5) is 0 Å². The van der Waals surface area contributed by atoms with Crippen LogP contribution in [0.2, 0.25) is 4.34 Å². The molecular formula is C14H22BrClN2S. The summed E-state index contributed by atoms with van der Waals surface area (Å²) >= 11 is 11.3. The number of hydrogen-bond donors (Lipinski definition) is 1. The average Bonchev–Trinajstić information content (AvgIpc) is 2.69. The third kappa shape index (κ3) is 4.71. The molecule has 0 saturated carbocycles. The van der Waals surface area contributed by atoms with E-state index in [1.54, 1.807) is 11.3 Å². The normalized spacial score (nSPS) is 20.4. The zero-order valence-corrected chi connectivity index (χ0v) is 14.7. The summed E-state index contributed by atoms with van der Waals surface area (Å²) in [5.74, 6) is 0. The fourth-order valence-electron chi connectivity index (χ4n) is 2.49. The Balaban J connectivity index is 1.95. The van der Waals surface area contributed by atoms with Gasteiger partial charge >= 0.3 is 0 Å². The number of piperidine rings is 1. The van der Waals surface area contributed by atoms with Crippen molar-refractivity contribution in [3.05, 3.63) is 19.8 Å². The Hall–Kier alpha value is 0.390. The van der Waals surface area contributed by atoms with Crippen molar-refractivity contribution in [1.29, 1.82) is 0 Å². The van der Waals surface area contributed by atoms with Crippen LogP contribution in [-0.4, -0.2) is 30.1 Å². The maximum Gasteiger partial charge on any atom is 0.107 e. The number of halogens is 2. The number of hydrogen-bond acceptors (Lipinski definition) is 3. The molecule has 1 aromatic heterocycles. The van der Waals surface area contributed by atoms with E-state index in [4.69, 9.17) is 11.6 Å². The van der Waals surface area contributed by atoms with E-state index >= 15 is 0 Å². The van der Waals surface area contributed by atoms with Crippen LogP contribution >= 0.6 is 38.9 Å². The quantitative estimate of drug-likeness (QED) is 0.825. The van der Waals surface area contributed by atoms with E-state index in [9.17, 15) is 0 Å². The Morgan fingerprint density at radius 3 is 2.84 bits per heavy atom. The molecule has 0 aliphatic carbocycles. The second kappa shape index (κ2) is 7.41. The van der Waals surface area contributed by atoms with Crippen LogP contribution in [-0.2, 0) is 6.54 Å². The summed E-state index contributed by atoms with van der Waals surface area (Å²) in [7, 11) is 0. The number of nitrogens with zero attached hydrogens (tertiary/aromatic N) is 1. The van der Waals surface area contributed by atoms with Crippen LogP contribution in [0.3, 0.4) is 0 Å². The summed E-state index contributed by atoms with van der Waals surface area (Å²) in [6.45, 7) is 7.84. The van der Waals surface area contributed by atoms with Crippen molar-refractivity contribution in [2.24, 2.45) is 0 Å². The molecule has 1 aromatic rings. The highest BCUT2D eigenvalue weighted by Gasteiger charge is 2.19. The number of nitrogens with one attached hydrogen (secondary N) is 1. The Morgan fingerprint density at radius 1 is 1.53 bits per heavy atom. The van der Waals surface area contributed by atoms with Crippen molar-refractivity contribution in [2.75, 3.05) is 13.1 Å². The van der Waals surface area contributed by atoms with Gasteiger partial charge in [-0.1, -0.05) is 18.0 Å². The van der Waals surface area contributed by atoms with Gasteiger partial charge in [-0.25, -0.2) is 0 Å². The zero-order chi connectivity index (χ0) is 13.8. The third-order valence-corrected chi connectivity index (χ3v) is 6.11. The van der Waals surface area contributed by atoms with Gasteiger partial charge in [-0.3, -0.25) is 4.90 Å². The lowest BCUT2D eigenvalue weighted by molar-refractivity contribution is 0.178. The molecule has 0 amide bonds. The zero-order valence-electron chi connectivity index (χ0n) is 11.6. The molecule has 1 aliphatic rings. The van der Waals surface area contributed by atoms with E-state index in [0.29, 0.717) is 12.1 Å². The van der Waals surface area contributed by atoms with Gasteiger partial charge in [-0.15, -0.1) is 11.3 Å². The Labute approximate surface area is 133 Å². The maximum absolute atomic E-state index is 6.13. The van der Waals surface area contributed by atoms with Gasteiger partial charge in [0.15, 0.2) is 0 Å². The van der Waals surface area contributed by atoms with Gasteiger partial charge in [-0.05, 0) is 55.2 Å². The standard InChI is InChI=1S/C14H22BrClN2S/c1-10(2)18(8-11-5-3-4-6-17-11)9-12-7-13(15)14(16)19-12/h7,10-11,17H,3-6,8-9H2,1-2H3. The molecular weight excluding hydrogens is 344 g/mol. The number of rotatable bonds is 5. The van der Waals surface area contributed by atoms with E-state index < -0.39 is 0 Å². The molecule has 2 heterocycles. The third-order valence-electron chi connectivity index (χ3n) is 3.65. The van der Waals surface area contributed by atoms with Gasteiger partial charge in [0, 0.05) is 34.5 Å². The maximum atomic E-state index is 6.13. The summed E-state index contributed by atoms with van der Waals surface area (Å²) in [5, 5.41) is 3.63. The van der Waals surface area contributed by atoms with Gasteiger partial charge in [0.2, 0.25) is 0 Å². The smallest absolute Gasteiger partial charge is 0.107 e. The summed E-state index contributed by atoms with van der Waals surface area (Å²) in [6, 6.07) is 3.36. The molecule has 0 radical (unpaired) electrons. The van der Waals surface area contributed by atoms with E-state index in [-0.39, 0.29) is 0 Å². The van der Waals surface area contributed by atoms with E-state index in [1.807, 2.05) is 0 Å². The predicted molar refractivity (Wildman–Crippen MR) is 88.2 cm³/mol. The molecule has 0 spiro atoms. The molecule has 1 atom stereocenters. The topological polar surface area (TPSA) is 15.3 Å². The lowest BCUT2D eigenvalue weighted by Gasteiger charge is -2.32. The first kappa shape index (κ1) is 15.8. The number of thiophene rings is 1. The van der Waals surface area contributed by atoms with Crippen LogP contribution in [0.1, 0.15) is 38.0 Å². The minimum Gasteiger partial charge on any atom is -0.313 e. The van der Waals surface area contributed by atoms with Crippen LogP contribution in [0.25, 0.3) is 0 Å². The van der Waals surface area contributed by atoms with Crippen LogP contribution in [0.15, 0.2) is 10.5 Å². The molecule has 0 bridgehead atoms. The Bertz CT molecular complexity index is 383. The molecule has 1 saturated heterocycles. The molecule has 108 valence electrons. The monoisotopic (exact) mass is 364 g/mol. The first-order chi connectivity index (χ1) is 9.06. The van der Waals surface area contributed by atoms with Gasteiger partial charge in [-0.2, -0.15) is 0 Å².